The van der Waals surface area contributed by atoms with E-state index in [1.807, 2.05) is 11.6 Å². The third kappa shape index (κ3) is 7.18. The summed E-state index contributed by atoms with van der Waals surface area (Å²) < 4.78 is 66.3. The quantitative estimate of drug-likeness (QED) is 0.685. The van der Waals surface area contributed by atoms with Gasteiger partial charge in [-0.3, -0.25) is 0 Å². The fourth-order valence-corrected chi connectivity index (χ4v) is 3.84. The van der Waals surface area contributed by atoms with Crippen molar-refractivity contribution in [2.75, 3.05) is 13.2 Å². The predicted octanol–water partition coefficient (Wildman–Crippen LogP) is 2.62. The zero-order chi connectivity index (χ0) is 17.5. The van der Waals surface area contributed by atoms with Gasteiger partial charge in [-0.1, -0.05) is 13.3 Å². The number of amides is 2. The Morgan fingerprint density at radius 3 is 2.70 bits per heavy atom. The molecule has 2 N–H and O–H groups in total. The zero-order valence-corrected chi connectivity index (χ0v) is 13.9. The number of carbonyl (C=O) groups excluding carboxylic acids is 1. The summed E-state index contributed by atoms with van der Waals surface area (Å²) in [5.41, 5.74) is 0.0631. The summed E-state index contributed by atoms with van der Waals surface area (Å²) in [7, 11) is -4.15. The molecule has 11 heteroatoms. The van der Waals surface area contributed by atoms with Crippen LogP contribution in [0.15, 0.2) is 15.7 Å². The maximum atomic E-state index is 12.1. The molecule has 0 fully saturated rings. The smallest absolute Gasteiger partial charge is 0.367 e. The second kappa shape index (κ2) is 8.50. The third-order valence-corrected chi connectivity index (χ3v) is 5.42. The van der Waals surface area contributed by atoms with Crippen LogP contribution in [0.25, 0.3) is 0 Å². The standard InChI is InChI=1S/C12H17F3N2O4S2/c1-2-3-5-16-11(18)17-23(19,20)10-9(4-6-22-10)7-21-8-12(13,14)15/h4,6H,2-3,5,7-8H2,1H3,(H2,16,17,18). The number of unbranched alkanes of at least 4 members (excludes halogenated alkanes) is 1. The maximum Gasteiger partial charge on any atom is 0.411 e. The van der Waals surface area contributed by atoms with Crippen LogP contribution in [0.2, 0.25) is 0 Å². The normalized spacial score (nSPS) is 12.2. The van der Waals surface area contributed by atoms with E-state index in [-0.39, 0.29) is 9.77 Å². The van der Waals surface area contributed by atoms with Gasteiger partial charge in [0.05, 0.1) is 6.61 Å². The number of carbonyl (C=O) groups is 1. The molecule has 0 aliphatic rings. The zero-order valence-electron chi connectivity index (χ0n) is 12.3. The van der Waals surface area contributed by atoms with E-state index >= 15 is 0 Å². The first-order valence-corrected chi connectivity index (χ1v) is 9.03. The lowest BCUT2D eigenvalue weighted by Gasteiger charge is -2.10. The number of hydrogen-bond donors (Lipinski definition) is 2. The molecule has 2 amide bonds. The van der Waals surface area contributed by atoms with E-state index in [0.717, 1.165) is 17.8 Å². The van der Waals surface area contributed by atoms with Crippen molar-refractivity contribution < 1.29 is 31.1 Å². The Kier molecular flexibility index (Phi) is 7.29. The van der Waals surface area contributed by atoms with Crippen molar-refractivity contribution in [3.63, 3.8) is 0 Å². The fraction of sp³-hybridized carbons (Fsp3) is 0.583. The van der Waals surface area contributed by atoms with Gasteiger partial charge in [0.15, 0.2) is 0 Å². The van der Waals surface area contributed by atoms with Gasteiger partial charge >= 0.3 is 12.2 Å². The van der Waals surface area contributed by atoms with Gasteiger partial charge < -0.3 is 10.1 Å². The van der Waals surface area contributed by atoms with Crippen LogP contribution in [0.4, 0.5) is 18.0 Å². The molecule has 1 aromatic rings. The maximum absolute atomic E-state index is 12.1. The number of halogens is 3. The van der Waals surface area contributed by atoms with Gasteiger partial charge in [0, 0.05) is 12.1 Å². The number of alkyl halides is 3. The van der Waals surface area contributed by atoms with Crippen LogP contribution in [-0.4, -0.2) is 33.8 Å². The highest BCUT2D eigenvalue weighted by Crippen LogP contribution is 2.24. The average Bonchev–Trinajstić information content (AvgIpc) is 2.86. The highest BCUT2D eigenvalue weighted by atomic mass is 32.2. The number of thiophene rings is 1. The average molecular weight is 374 g/mol. The molecule has 1 heterocycles. The molecule has 132 valence electrons. The summed E-state index contributed by atoms with van der Waals surface area (Å²) in [4.78, 5) is 11.5. The van der Waals surface area contributed by atoms with Crippen molar-refractivity contribution in [3.8, 4) is 0 Å². The van der Waals surface area contributed by atoms with Gasteiger partial charge in [0.1, 0.15) is 10.8 Å². The van der Waals surface area contributed by atoms with Crippen molar-refractivity contribution in [1.29, 1.82) is 0 Å². The minimum absolute atomic E-state index is 0.0631. The Morgan fingerprint density at radius 2 is 2.09 bits per heavy atom. The molecule has 1 aromatic heterocycles. The summed E-state index contributed by atoms with van der Waals surface area (Å²) in [6, 6.07) is 0.457. The molecule has 0 saturated carbocycles. The van der Waals surface area contributed by atoms with E-state index in [1.54, 1.807) is 0 Å². The predicted molar refractivity (Wildman–Crippen MR) is 78.7 cm³/mol. The van der Waals surface area contributed by atoms with Gasteiger partial charge in [-0.15, -0.1) is 11.3 Å². The largest absolute Gasteiger partial charge is 0.411 e. The van der Waals surface area contributed by atoms with Crippen LogP contribution in [-0.2, 0) is 21.4 Å². The molecule has 23 heavy (non-hydrogen) atoms. The molecule has 6 nitrogen and oxygen atoms in total. The van der Waals surface area contributed by atoms with E-state index in [2.05, 4.69) is 10.1 Å². The van der Waals surface area contributed by atoms with Crippen LogP contribution in [0, 0.1) is 0 Å². The van der Waals surface area contributed by atoms with Gasteiger partial charge in [0.2, 0.25) is 0 Å². The molecular weight excluding hydrogens is 357 g/mol. The number of sulfonamides is 1. The van der Waals surface area contributed by atoms with Crippen LogP contribution in [0.3, 0.4) is 0 Å². The summed E-state index contributed by atoms with van der Waals surface area (Å²) in [6.45, 7) is 0.239. The summed E-state index contributed by atoms with van der Waals surface area (Å²) in [6.07, 6.45) is -2.96. The van der Waals surface area contributed by atoms with Gasteiger partial charge in [-0.25, -0.2) is 17.9 Å². The van der Waals surface area contributed by atoms with Crippen molar-refractivity contribution in [1.82, 2.24) is 10.0 Å². The topological polar surface area (TPSA) is 84.5 Å². The van der Waals surface area contributed by atoms with Gasteiger partial charge in [0.25, 0.3) is 10.0 Å². The lowest BCUT2D eigenvalue weighted by Crippen LogP contribution is -2.39. The molecular formula is C12H17F3N2O4S2. The first-order valence-electron chi connectivity index (χ1n) is 6.67. The van der Waals surface area contributed by atoms with Gasteiger partial charge in [-0.05, 0) is 17.9 Å². The molecule has 0 radical (unpaired) electrons. The Balaban J connectivity index is 2.66. The first kappa shape index (κ1) is 19.7. The van der Waals surface area contributed by atoms with Crippen LogP contribution < -0.4 is 10.0 Å². The van der Waals surface area contributed by atoms with E-state index in [9.17, 15) is 26.4 Å². The first-order chi connectivity index (χ1) is 10.7. The minimum Gasteiger partial charge on any atom is -0.367 e. The molecule has 0 aliphatic heterocycles. The molecule has 0 saturated heterocycles. The molecule has 0 bridgehead atoms. The van der Waals surface area contributed by atoms with Crippen molar-refractivity contribution >= 4 is 27.4 Å². The summed E-state index contributed by atoms with van der Waals surface area (Å²) in [5.74, 6) is 0. The van der Waals surface area contributed by atoms with E-state index < -0.39 is 35.4 Å². The Hall–Kier alpha value is -1.33. The molecule has 0 unspecified atom stereocenters. The second-order valence-electron chi connectivity index (χ2n) is 4.56. The highest BCUT2D eigenvalue weighted by Gasteiger charge is 2.28. The lowest BCUT2D eigenvalue weighted by atomic mass is 10.3. The van der Waals surface area contributed by atoms with Crippen LogP contribution in [0.5, 0.6) is 0 Å². The highest BCUT2D eigenvalue weighted by molar-refractivity contribution is 7.92. The number of hydrogen-bond acceptors (Lipinski definition) is 5. The Bertz CT molecular complexity index is 614. The number of urea groups is 1. The van der Waals surface area contributed by atoms with E-state index in [0.29, 0.717) is 13.0 Å². The Morgan fingerprint density at radius 1 is 1.39 bits per heavy atom. The molecule has 0 aliphatic carbocycles. The van der Waals surface area contributed by atoms with Crippen LogP contribution >= 0.6 is 11.3 Å². The van der Waals surface area contributed by atoms with E-state index in [4.69, 9.17) is 0 Å². The summed E-state index contributed by atoms with van der Waals surface area (Å²) in [5, 5.41) is 3.78. The van der Waals surface area contributed by atoms with Crippen molar-refractivity contribution in [2.45, 2.75) is 36.8 Å². The molecule has 0 spiro atoms. The molecule has 0 atom stereocenters. The Labute approximate surface area is 136 Å². The van der Waals surface area contributed by atoms with Crippen LogP contribution in [0.1, 0.15) is 25.3 Å². The molecule has 0 aromatic carbocycles. The minimum atomic E-state index is -4.49. The second-order valence-corrected chi connectivity index (χ2v) is 7.35. The fourth-order valence-electron chi connectivity index (χ4n) is 1.52. The SMILES string of the molecule is CCCCNC(=O)NS(=O)(=O)c1sccc1COCC(F)(F)F. The number of nitrogens with one attached hydrogen (secondary N) is 2. The molecule has 1 rings (SSSR count). The summed E-state index contributed by atoms with van der Waals surface area (Å²) >= 11 is 0.793. The van der Waals surface area contributed by atoms with Crippen molar-refractivity contribution in [3.05, 3.63) is 17.0 Å². The van der Waals surface area contributed by atoms with Gasteiger partial charge in [-0.2, -0.15) is 13.2 Å². The lowest BCUT2D eigenvalue weighted by molar-refractivity contribution is -0.176. The number of rotatable bonds is 8. The monoisotopic (exact) mass is 374 g/mol. The van der Waals surface area contributed by atoms with Crippen molar-refractivity contribution in [2.24, 2.45) is 0 Å². The number of ether oxygens (including phenoxy) is 1. The third-order valence-electron chi connectivity index (χ3n) is 2.52. The van der Waals surface area contributed by atoms with E-state index in [1.165, 1.54) is 11.4 Å².